The van der Waals surface area contributed by atoms with Crippen molar-refractivity contribution in [1.29, 1.82) is 0 Å². The SMILES string of the molecule is COc1ccc(NCC(=O)NCCc2c[nH]c3ccccc23)cc1. The van der Waals surface area contributed by atoms with Crippen LogP contribution >= 0.6 is 0 Å². The third-order valence-corrected chi connectivity index (χ3v) is 3.93. The van der Waals surface area contributed by atoms with E-state index in [2.05, 4.69) is 27.8 Å². The zero-order valence-corrected chi connectivity index (χ0v) is 13.6. The van der Waals surface area contributed by atoms with Crippen LogP contribution in [0.1, 0.15) is 5.56 Å². The normalized spacial score (nSPS) is 10.5. The Hall–Kier alpha value is -2.95. The van der Waals surface area contributed by atoms with E-state index < -0.39 is 0 Å². The quantitative estimate of drug-likeness (QED) is 0.626. The van der Waals surface area contributed by atoms with E-state index in [4.69, 9.17) is 4.74 Å². The van der Waals surface area contributed by atoms with Gasteiger partial charge in [0, 0.05) is 29.3 Å². The van der Waals surface area contributed by atoms with E-state index in [0.29, 0.717) is 6.54 Å². The number of carbonyl (C=O) groups is 1. The molecule has 1 heterocycles. The van der Waals surface area contributed by atoms with Crippen LogP contribution in [0.15, 0.2) is 54.7 Å². The number of fused-ring (bicyclic) bond motifs is 1. The first-order valence-corrected chi connectivity index (χ1v) is 7.96. The van der Waals surface area contributed by atoms with E-state index in [1.807, 2.05) is 42.6 Å². The van der Waals surface area contributed by atoms with Crippen LogP contribution < -0.4 is 15.4 Å². The first-order valence-electron chi connectivity index (χ1n) is 7.96. The van der Waals surface area contributed by atoms with Gasteiger partial charge in [0.2, 0.25) is 5.91 Å². The van der Waals surface area contributed by atoms with Gasteiger partial charge in [-0.2, -0.15) is 0 Å². The second kappa shape index (κ2) is 7.55. The van der Waals surface area contributed by atoms with Gasteiger partial charge in [-0.05, 0) is 42.3 Å². The van der Waals surface area contributed by atoms with Gasteiger partial charge in [0.15, 0.2) is 0 Å². The zero-order valence-electron chi connectivity index (χ0n) is 13.6. The predicted octanol–water partition coefficient (Wildman–Crippen LogP) is 2.95. The monoisotopic (exact) mass is 323 g/mol. The van der Waals surface area contributed by atoms with Crippen molar-refractivity contribution in [3.8, 4) is 5.75 Å². The molecular weight excluding hydrogens is 302 g/mol. The highest BCUT2D eigenvalue weighted by molar-refractivity contribution is 5.83. The van der Waals surface area contributed by atoms with Crippen LogP contribution in [0.4, 0.5) is 5.69 Å². The maximum Gasteiger partial charge on any atom is 0.239 e. The van der Waals surface area contributed by atoms with E-state index in [-0.39, 0.29) is 12.5 Å². The number of hydrogen-bond acceptors (Lipinski definition) is 3. The molecule has 0 bridgehead atoms. The number of amides is 1. The van der Waals surface area contributed by atoms with Gasteiger partial charge in [-0.3, -0.25) is 4.79 Å². The number of aromatic nitrogens is 1. The molecule has 3 N–H and O–H groups in total. The number of hydrogen-bond donors (Lipinski definition) is 3. The molecule has 0 spiro atoms. The lowest BCUT2D eigenvalue weighted by Gasteiger charge is -2.08. The molecule has 0 saturated carbocycles. The van der Waals surface area contributed by atoms with Gasteiger partial charge in [0.1, 0.15) is 5.75 Å². The molecule has 124 valence electrons. The molecule has 0 aliphatic carbocycles. The summed E-state index contributed by atoms with van der Waals surface area (Å²) in [6.45, 7) is 0.866. The second-order valence-corrected chi connectivity index (χ2v) is 5.54. The Kier molecular flexibility index (Phi) is 5.01. The Balaban J connectivity index is 1.44. The minimum Gasteiger partial charge on any atom is -0.497 e. The Morgan fingerprint density at radius 1 is 1.12 bits per heavy atom. The largest absolute Gasteiger partial charge is 0.497 e. The Morgan fingerprint density at radius 3 is 2.71 bits per heavy atom. The summed E-state index contributed by atoms with van der Waals surface area (Å²) in [5, 5.41) is 7.24. The highest BCUT2D eigenvalue weighted by Gasteiger charge is 2.04. The summed E-state index contributed by atoms with van der Waals surface area (Å²) in [7, 11) is 1.63. The summed E-state index contributed by atoms with van der Waals surface area (Å²) in [4.78, 5) is 15.2. The maximum atomic E-state index is 11.9. The Morgan fingerprint density at radius 2 is 1.92 bits per heavy atom. The fourth-order valence-electron chi connectivity index (χ4n) is 2.63. The van der Waals surface area contributed by atoms with Crippen LogP contribution in [0, 0.1) is 0 Å². The van der Waals surface area contributed by atoms with E-state index in [9.17, 15) is 4.79 Å². The average Bonchev–Trinajstić information content (AvgIpc) is 3.04. The van der Waals surface area contributed by atoms with Crippen molar-refractivity contribution in [2.24, 2.45) is 0 Å². The number of rotatable bonds is 7. The van der Waals surface area contributed by atoms with Crippen molar-refractivity contribution in [3.05, 3.63) is 60.3 Å². The number of para-hydroxylation sites is 1. The number of anilines is 1. The molecule has 0 radical (unpaired) electrons. The molecule has 5 nitrogen and oxygen atoms in total. The van der Waals surface area contributed by atoms with E-state index in [0.717, 1.165) is 23.4 Å². The molecule has 0 aliphatic rings. The summed E-state index contributed by atoms with van der Waals surface area (Å²) in [6, 6.07) is 15.7. The fraction of sp³-hybridized carbons (Fsp3) is 0.211. The third kappa shape index (κ3) is 3.87. The topological polar surface area (TPSA) is 66.2 Å². The van der Waals surface area contributed by atoms with Crippen LogP contribution in [0.25, 0.3) is 10.9 Å². The van der Waals surface area contributed by atoms with E-state index in [1.165, 1.54) is 10.9 Å². The zero-order chi connectivity index (χ0) is 16.8. The van der Waals surface area contributed by atoms with Gasteiger partial charge in [-0.25, -0.2) is 0 Å². The smallest absolute Gasteiger partial charge is 0.239 e. The van der Waals surface area contributed by atoms with Crippen molar-refractivity contribution >= 4 is 22.5 Å². The lowest BCUT2D eigenvalue weighted by molar-refractivity contribution is -0.119. The number of methoxy groups -OCH3 is 1. The molecule has 0 saturated heterocycles. The predicted molar refractivity (Wildman–Crippen MR) is 96.5 cm³/mol. The second-order valence-electron chi connectivity index (χ2n) is 5.54. The average molecular weight is 323 g/mol. The van der Waals surface area contributed by atoms with Gasteiger partial charge in [0.25, 0.3) is 0 Å². The molecule has 3 rings (SSSR count). The Labute approximate surface area is 141 Å². The molecule has 2 aromatic carbocycles. The summed E-state index contributed by atoms with van der Waals surface area (Å²) in [5.74, 6) is 0.773. The van der Waals surface area contributed by atoms with Crippen molar-refractivity contribution in [3.63, 3.8) is 0 Å². The van der Waals surface area contributed by atoms with Crippen LogP contribution in [-0.4, -0.2) is 31.1 Å². The summed E-state index contributed by atoms with van der Waals surface area (Å²) >= 11 is 0. The molecule has 24 heavy (non-hydrogen) atoms. The molecule has 0 unspecified atom stereocenters. The first-order chi connectivity index (χ1) is 11.8. The molecule has 1 aromatic heterocycles. The number of carbonyl (C=O) groups excluding carboxylic acids is 1. The number of ether oxygens (including phenoxy) is 1. The minimum atomic E-state index is -0.0225. The van der Waals surface area contributed by atoms with Gasteiger partial charge < -0.3 is 20.4 Å². The maximum absolute atomic E-state index is 11.9. The summed E-state index contributed by atoms with van der Waals surface area (Å²) < 4.78 is 5.10. The molecule has 0 fully saturated rings. The lowest BCUT2D eigenvalue weighted by Crippen LogP contribution is -2.31. The molecule has 1 amide bonds. The van der Waals surface area contributed by atoms with Gasteiger partial charge in [0.05, 0.1) is 13.7 Å². The van der Waals surface area contributed by atoms with Crippen LogP contribution in [-0.2, 0) is 11.2 Å². The van der Waals surface area contributed by atoms with Crippen LogP contribution in [0.5, 0.6) is 5.75 Å². The minimum absolute atomic E-state index is 0.0225. The van der Waals surface area contributed by atoms with Crippen LogP contribution in [0.3, 0.4) is 0 Å². The highest BCUT2D eigenvalue weighted by Crippen LogP contribution is 2.17. The van der Waals surface area contributed by atoms with E-state index in [1.54, 1.807) is 7.11 Å². The standard InChI is InChI=1S/C19H21N3O2/c1-24-16-8-6-15(7-9-16)21-13-19(23)20-11-10-14-12-22-18-5-3-2-4-17(14)18/h2-9,12,21-22H,10-11,13H2,1H3,(H,20,23). The highest BCUT2D eigenvalue weighted by atomic mass is 16.5. The van der Waals surface area contributed by atoms with Gasteiger partial charge in [-0.15, -0.1) is 0 Å². The summed E-state index contributed by atoms with van der Waals surface area (Å²) in [6.07, 6.45) is 2.81. The number of benzene rings is 2. The van der Waals surface area contributed by atoms with Crippen molar-refractivity contribution in [2.75, 3.05) is 25.5 Å². The summed E-state index contributed by atoms with van der Waals surface area (Å²) in [5.41, 5.74) is 3.23. The third-order valence-electron chi connectivity index (χ3n) is 3.93. The number of aromatic amines is 1. The molecule has 3 aromatic rings. The van der Waals surface area contributed by atoms with Crippen molar-refractivity contribution in [1.82, 2.24) is 10.3 Å². The number of H-pyrrole nitrogens is 1. The lowest BCUT2D eigenvalue weighted by atomic mass is 10.1. The van der Waals surface area contributed by atoms with Crippen molar-refractivity contribution in [2.45, 2.75) is 6.42 Å². The molecular formula is C19H21N3O2. The molecule has 0 aliphatic heterocycles. The fourth-order valence-corrected chi connectivity index (χ4v) is 2.63. The van der Waals surface area contributed by atoms with Crippen molar-refractivity contribution < 1.29 is 9.53 Å². The van der Waals surface area contributed by atoms with Gasteiger partial charge in [-0.1, -0.05) is 18.2 Å². The Bertz CT molecular complexity index is 809. The molecule has 0 atom stereocenters. The van der Waals surface area contributed by atoms with Crippen LogP contribution in [0.2, 0.25) is 0 Å². The molecule has 5 heteroatoms. The van der Waals surface area contributed by atoms with E-state index >= 15 is 0 Å². The first kappa shape index (κ1) is 15.9. The van der Waals surface area contributed by atoms with Gasteiger partial charge >= 0.3 is 0 Å². The number of nitrogens with one attached hydrogen (secondary N) is 3.